The molecule has 8 heteroatoms. The quantitative estimate of drug-likeness (QED) is 0.518. The van der Waals surface area contributed by atoms with E-state index in [4.69, 9.17) is 25.8 Å². The van der Waals surface area contributed by atoms with Gasteiger partial charge in [-0.1, -0.05) is 29.8 Å². The zero-order chi connectivity index (χ0) is 23.3. The number of aliphatic hydroxyl groups excluding tert-OH is 3. The SMILES string of the molecule is CCOc1ccc(Cc2cc([C@]34OC[C@](C(C)(C)O)(O3)[C@@H](O)[C@H](O)[C@H]4O)ccc2Cl)cc1. The van der Waals surface area contributed by atoms with E-state index in [1.54, 1.807) is 18.2 Å². The minimum atomic E-state index is -1.75. The van der Waals surface area contributed by atoms with Crippen LogP contribution in [0.25, 0.3) is 0 Å². The maximum atomic E-state index is 10.9. The predicted octanol–water partition coefficient (Wildman–Crippen LogP) is 2.14. The molecule has 5 atom stereocenters. The molecule has 32 heavy (non-hydrogen) atoms. The van der Waals surface area contributed by atoms with E-state index in [-0.39, 0.29) is 6.61 Å². The van der Waals surface area contributed by atoms with Crippen molar-refractivity contribution in [2.45, 2.75) is 62.5 Å². The lowest BCUT2D eigenvalue weighted by Crippen LogP contribution is -2.70. The summed E-state index contributed by atoms with van der Waals surface area (Å²) in [6.45, 7) is 5.25. The van der Waals surface area contributed by atoms with Crippen LogP contribution in [0.1, 0.15) is 37.5 Å². The standard InChI is InChI=1S/C24H29ClO7/c1-4-30-17-8-5-14(6-9-17)11-15-12-16(7-10-18(15)25)24-21(28)19(26)20(27)23(32-24,13-31-24)22(2,3)29/h5-10,12,19-21,26-29H,4,11,13H2,1-3H3/t19-,20-,21+,23-,24-/m0/s1. The number of benzene rings is 2. The van der Waals surface area contributed by atoms with E-state index < -0.39 is 35.3 Å². The van der Waals surface area contributed by atoms with Crippen LogP contribution in [0.5, 0.6) is 5.75 Å². The molecule has 174 valence electrons. The zero-order valence-corrected chi connectivity index (χ0v) is 19.0. The Bertz CT molecular complexity index is 973. The van der Waals surface area contributed by atoms with E-state index in [2.05, 4.69) is 0 Å². The molecule has 2 bridgehead atoms. The number of hydrogen-bond donors (Lipinski definition) is 4. The highest BCUT2D eigenvalue weighted by Crippen LogP contribution is 2.53. The van der Waals surface area contributed by atoms with Crippen molar-refractivity contribution in [1.82, 2.24) is 0 Å². The number of aliphatic hydroxyl groups is 4. The van der Waals surface area contributed by atoms with Gasteiger partial charge in [0.25, 0.3) is 0 Å². The zero-order valence-electron chi connectivity index (χ0n) is 18.3. The second-order valence-electron chi connectivity index (χ2n) is 8.95. The molecule has 2 aromatic carbocycles. The van der Waals surface area contributed by atoms with Crippen LogP contribution in [0.2, 0.25) is 5.02 Å². The van der Waals surface area contributed by atoms with Crippen LogP contribution in [-0.4, -0.2) is 63.2 Å². The van der Waals surface area contributed by atoms with Crippen molar-refractivity contribution >= 4 is 11.6 Å². The number of ether oxygens (including phenoxy) is 3. The molecule has 0 saturated carbocycles. The average molecular weight is 465 g/mol. The minimum absolute atomic E-state index is 0.206. The van der Waals surface area contributed by atoms with E-state index in [9.17, 15) is 20.4 Å². The smallest absolute Gasteiger partial charge is 0.225 e. The summed E-state index contributed by atoms with van der Waals surface area (Å²) >= 11 is 6.46. The molecular weight excluding hydrogens is 436 g/mol. The van der Waals surface area contributed by atoms with Gasteiger partial charge in [0.15, 0.2) is 5.60 Å². The maximum absolute atomic E-state index is 10.9. The van der Waals surface area contributed by atoms with E-state index >= 15 is 0 Å². The minimum Gasteiger partial charge on any atom is -0.494 e. The third-order valence-electron chi connectivity index (χ3n) is 6.46. The summed E-state index contributed by atoms with van der Waals surface area (Å²) in [6.07, 6.45) is -4.19. The summed E-state index contributed by atoms with van der Waals surface area (Å²) < 4.78 is 17.5. The molecule has 0 amide bonds. The van der Waals surface area contributed by atoms with Gasteiger partial charge >= 0.3 is 0 Å². The molecule has 2 fully saturated rings. The van der Waals surface area contributed by atoms with Crippen molar-refractivity contribution in [2.75, 3.05) is 13.2 Å². The van der Waals surface area contributed by atoms with Crippen LogP contribution < -0.4 is 4.74 Å². The average Bonchev–Trinajstić information content (AvgIpc) is 3.15. The highest BCUT2D eigenvalue weighted by Gasteiger charge is 2.71. The fourth-order valence-electron chi connectivity index (χ4n) is 4.50. The Balaban J connectivity index is 1.69. The topological polar surface area (TPSA) is 109 Å². The molecule has 7 nitrogen and oxygen atoms in total. The molecule has 2 aliphatic rings. The van der Waals surface area contributed by atoms with Crippen LogP contribution in [0.4, 0.5) is 0 Å². The Hall–Kier alpha value is -1.71. The van der Waals surface area contributed by atoms with Gasteiger partial charge in [-0.15, -0.1) is 0 Å². The van der Waals surface area contributed by atoms with Crippen molar-refractivity contribution in [3.8, 4) is 5.75 Å². The van der Waals surface area contributed by atoms with Gasteiger partial charge in [0.05, 0.1) is 18.8 Å². The molecule has 0 radical (unpaired) electrons. The van der Waals surface area contributed by atoms with Gasteiger partial charge in [-0.2, -0.15) is 0 Å². The number of hydrogen-bond acceptors (Lipinski definition) is 7. The van der Waals surface area contributed by atoms with E-state index in [1.165, 1.54) is 13.8 Å². The summed E-state index contributed by atoms with van der Waals surface area (Å²) in [4.78, 5) is 0. The highest BCUT2D eigenvalue weighted by molar-refractivity contribution is 6.31. The van der Waals surface area contributed by atoms with Crippen molar-refractivity contribution in [1.29, 1.82) is 0 Å². The van der Waals surface area contributed by atoms with Crippen molar-refractivity contribution in [3.05, 3.63) is 64.2 Å². The largest absolute Gasteiger partial charge is 0.494 e. The Morgan fingerprint density at radius 1 is 1.09 bits per heavy atom. The highest BCUT2D eigenvalue weighted by atomic mass is 35.5. The van der Waals surface area contributed by atoms with Crippen LogP contribution in [0, 0.1) is 0 Å². The summed E-state index contributed by atoms with van der Waals surface area (Å²) in [5, 5.41) is 43.3. The molecule has 4 rings (SSSR count). The fraction of sp³-hybridized carbons (Fsp3) is 0.500. The summed E-state index contributed by atoms with van der Waals surface area (Å²) in [6, 6.07) is 12.8. The third-order valence-corrected chi connectivity index (χ3v) is 6.83. The number of fused-ring (bicyclic) bond motifs is 2. The maximum Gasteiger partial charge on any atom is 0.225 e. The van der Waals surface area contributed by atoms with Crippen LogP contribution in [0.15, 0.2) is 42.5 Å². The van der Waals surface area contributed by atoms with Gasteiger partial charge < -0.3 is 34.6 Å². The second kappa shape index (κ2) is 8.25. The van der Waals surface area contributed by atoms with Gasteiger partial charge in [0.2, 0.25) is 5.79 Å². The van der Waals surface area contributed by atoms with E-state index in [0.29, 0.717) is 23.6 Å². The molecule has 2 aromatic rings. The van der Waals surface area contributed by atoms with Gasteiger partial charge in [-0.05, 0) is 62.6 Å². The van der Waals surface area contributed by atoms with Gasteiger partial charge in [0, 0.05) is 10.6 Å². The molecule has 2 saturated heterocycles. The van der Waals surface area contributed by atoms with Crippen LogP contribution >= 0.6 is 11.6 Å². The molecule has 0 spiro atoms. The lowest BCUT2D eigenvalue weighted by molar-refractivity contribution is -0.348. The number of halogens is 1. The number of rotatable bonds is 6. The molecule has 2 aliphatic heterocycles. The van der Waals surface area contributed by atoms with Crippen LogP contribution in [0.3, 0.4) is 0 Å². The molecule has 4 N–H and O–H groups in total. The Morgan fingerprint density at radius 3 is 2.41 bits per heavy atom. The van der Waals surface area contributed by atoms with E-state index in [1.807, 2.05) is 31.2 Å². The monoisotopic (exact) mass is 464 g/mol. The molecule has 0 aliphatic carbocycles. The molecule has 0 unspecified atom stereocenters. The summed E-state index contributed by atoms with van der Waals surface area (Å²) in [5.74, 6) is -0.972. The lowest BCUT2D eigenvalue weighted by atomic mass is 9.75. The van der Waals surface area contributed by atoms with Gasteiger partial charge in [-0.25, -0.2) is 0 Å². The van der Waals surface area contributed by atoms with Gasteiger partial charge in [0.1, 0.15) is 24.1 Å². The molecule has 0 aromatic heterocycles. The first-order valence-electron chi connectivity index (χ1n) is 10.7. The third kappa shape index (κ3) is 3.62. The molecule has 2 heterocycles. The predicted molar refractivity (Wildman–Crippen MR) is 118 cm³/mol. The Labute approximate surface area is 192 Å². The normalized spacial score (nSPS) is 32.2. The summed E-state index contributed by atoms with van der Waals surface area (Å²) in [5.41, 5.74) is -0.951. The summed E-state index contributed by atoms with van der Waals surface area (Å²) in [7, 11) is 0. The first-order valence-corrected chi connectivity index (χ1v) is 11.0. The van der Waals surface area contributed by atoms with Crippen molar-refractivity contribution in [2.24, 2.45) is 0 Å². The second-order valence-corrected chi connectivity index (χ2v) is 9.35. The Morgan fingerprint density at radius 2 is 1.78 bits per heavy atom. The van der Waals surface area contributed by atoms with Crippen molar-refractivity contribution < 1.29 is 34.6 Å². The Kier molecular flexibility index (Phi) is 6.05. The first kappa shape index (κ1) is 23.4. The van der Waals surface area contributed by atoms with Crippen molar-refractivity contribution in [3.63, 3.8) is 0 Å². The van der Waals surface area contributed by atoms with E-state index in [0.717, 1.165) is 16.9 Å². The fourth-order valence-corrected chi connectivity index (χ4v) is 4.69. The van der Waals surface area contributed by atoms with Crippen LogP contribution in [-0.2, 0) is 21.7 Å². The van der Waals surface area contributed by atoms with Gasteiger partial charge in [-0.3, -0.25) is 0 Å². The first-order chi connectivity index (χ1) is 15.0. The molecular formula is C24H29ClO7. The lowest BCUT2D eigenvalue weighted by Gasteiger charge is -2.50.